The summed E-state index contributed by atoms with van der Waals surface area (Å²) in [6.45, 7) is 10.2. The Morgan fingerprint density at radius 3 is 2.24 bits per heavy atom. The first-order chi connectivity index (χ1) is 9.68. The van der Waals surface area contributed by atoms with Crippen molar-refractivity contribution in [2.75, 3.05) is 7.11 Å². The highest BCUT2D eigenvalue weighted by Gasteiger charge is 2.37. The summed E-state index contributed by atoms with van der Waals surface area (Å²) in [6.07, 6.45) is 3.71. The molecule has 0 saturated carbocycles. The predicted molar refractivity (Wildman–Crippen MR) is 88.6 cm³/mol. The minimum absolute atomic E-state index is 0.0949. The third-order valence-electron chi connectivity index (χ3n) is 3.34. The fraction of sp³-hybridized carbons (Fsp3) is 0.471. The summed E-state index contributed by atoms with van der Waals surface area (Å²) in [4.78, 5) is 12.1. The molecule has 1 rings (SSSR count). The number of rotatable bonds is 6. The molecule has 1 atom stereocenters. The number of methoxy groups -OCH3 is 1. The van der Waals surface area contributed by atoms with Gasteiger partial charge in [-0.05, 0) is 45.1 Å². The van der Waals surface area contributed by atoms with Crippen molar-refractivity contribution in [1.82, 2.24) is 0 Å². The quantitative estimate of drug-likeness (QED) is 0.446. The molecule has 0 aliphatic rings. The molecule has 0 spiro atoms. The van der Waals surface area contributed by atoms with E-state index in [-0.39, 0.29) is 11.9 Å². The van der Waals surface area contributed by atoms with Crippen LogP contribution in [0.25, 0.3) is 0 Å². The lowest BCUT2D eigenvalue weighted by Gasteiger charge is -2.30. The van der Waals surface area contributed by atoms with E-state index in [0.717, 1.165) is 5.56 Å². The molecule has 0 saturated heterocycles. The number of hydrogen-bond donors (Lipinski definition) is 0. The van der Waals surface area contributed by atoms with Crippen LogP contribution >= 0.6 is 0 Å². The maximum Gasteiger partial charge on any atom is 0.312 e. The molecule has 1 aromatic carbocycles. The van der Waals surface area contributed by atoms with Crippen molar-refractivity contribution in [2.24, 2.45) is 5.41 Å². The fourth-order valence-corrected chi connectivity index (χ4v) is 2.63. The van der Waals surface area contributed by atoms with Crippen LogP contribution in [0.4, 0.5) is 0 Å². The number of ether oxygens (including phenoxy) is 1. The average molecular weight is 306 g/mol. The molecule has 0 aromatic heterocycles. The van der Waals surface area contributed by atoms with Gasteiger partial charge < -0.3 is 9.16 Å². The normalized spacial score (nSPS) is 14.0. The maximum absolute atomic E-state index is 12.1. The zero-order valence-corrected chi connectivity index (χ0v) is 14.8. The molecule has 0 radical (unpaired) electrons. The molecule has 0 bridgehead atoms. The van der Waals surface area contributed by atoms with Gasteiger partial charge in [-0.2, -0.15) is 0 Å². The first-order valence-electron chi connectivity index (χ1n) is 7.16. The largest absolute Gasteiger partial charge is 0.550 e. The lowest BCUT2D eigenvalue weighted by molar-refractivity contribution is -0.151. The van der Waals surface area contributed by atoms with Gasteiger partial charge >= 0.3 is 5.97 Å². The Morgan fingerprint density at radius 2 is 1.76 bits per heavy atom. The SMILES string of the molecule is COC(=O)C(C)(C)C(/C=C/O[Si](C)(C)C)c1ccccc1. The van der Waals surface area contributed by atoms with Crippen molar-refractivity contribution in [3.8, 4) is 0 Å². The van der Waals surface area contributed by atoms with Crippen molar-refractivity contribution in [1.29, 1.82) is 0 Å². The van der Waals surface area contributed by atoms with Gasteiger partial charge in [0.1, 0.15) is 0 Å². The maximum atomic E-state index is 12.1. The van der Waals surface area contributed by atoms with E-state index in [1.807, 2.05) is 50.3 Å². The average Bonchev–Trinajstić information content (AvgIpc) is 2.42. The molecule has 1 unspecified atom stereocenters. The van der Waals surface area contributed by atoms with E-state index in [0.29, 0.717) is 0 Å². The Bertz CT molecular complexity index is 487. The van der Waals surface area contributed by atoms with Crippen LogP contribution < -0.4 is 0 Å². The minimum Gasteiger partial charge on any atom is -0.550 e. The van der Waals surface area contributed by atoms with Gasteiger partial charge in [0.2, 0.25) is 8.32 Å². The lowest BCUT2D eigenvalue weighted by Crippen LogP contribution is -2.32. The van der Waals surface area contributed by atoms with Gasteiger partial charge in [-0.1, -0.05) is 30.3 Å². The zero-order chi connectivity index (χ0) is 16.1. The summed E-state index contributed by atoms with van der Waals surface area (Å²) in [5.74, 6) is -0.323. The second kappa shape index (κ2) is 6.94. The molecular formula is C17H26O3Si. The highest BCUT2D eigenvalue weighted by atomic mass is 28.4. The molecular weight excluding hydrogens is 280 g/mol. The van der Waals surface area contributed by atoms with E-state index in [9.17, 15) is 4.79 Å². The van der Waals surface area contributed by atoms with Gasteiger partial charge in [0.25, 0.3) is 0 Å². The molecule has 116 valence electrons. The molecule has 3 nitrogen and oxygen atoms in total. The van der Waals surface area contributed by atoms with Crippen LogP contribution in [-0.4, -0.2) is 21.4 Å². The Morgan fingerprint density at radius 1 is 1.19 bits per heavy atom. The van der Waals surface area contributed by atoms with E-state index in [4.69, 9.17) is 9.16 Å². The fourth-order valence-electron chi connectivity index (χ4n) is 2.14. The summed E-state index contributed by atoms with van der Waals surface area (Å²) < 4.78 is 10.8. The van der Waals surface area contributed by atoms with Crippen LogP contribution in [0, 0.1) is 5.41 Å². The molecule has 0 amide bonds. The van der Waals surface area contributed by atoms with E-state index >= 15 is 0 Å². The second-order valence-corrected chi connectivity index (χ2v) is 11.1. The standard InChI is InChI=1S/C17H26O3Si/c1-17(2,16(18)19-3)15(12-13-20-21(4,5)6)14-10-8-7-9-11-14/h7-13,15H,1-6H3/b13-12+. The van der Waals surface area contributed by atoms with Gasteiger partial charge in [0.05, 0.1) is 18.8 Å². The van der Waals surface area contributed by atoms with Crippen LogP contribution in [0.2, 0.25) is 19.6 Å². The van der Waals surface area contributed by atoms with Gasteiger partial charge in [-0.3, -0.25) is 4.79 Å². The number of carbonyl (C=O) groups is 1. The highest BCUT2D eigenvalue weighted by molar-refractivity contribution is 6.69. The Hall–Kier alpha value is -1.55. The monoisotopic (exact) mass is 306 g/mol. The van der Waals surface area contributed by atoms with Crippen molar-refractivity contribution < 1.29 is 14.0 Å². The third-order valence-corrected chi connectivity index (χ3v) is 4.18. The van der Waals surface area contributed by atoms with Crippen LogP contribution in [0.3, 0.4) is 0 Å². The lowest BCUT2D eigenvalue weighted by atomic mass is 9.75. The number of hydrogen-bond acceptors (Lipinski definition) is 3. The first-order valence-corrected chi connectivity index (χ1v) is 10.6. The van der Waals surface area contributed by atoms with Gasteiger partial charge in [-0.25, -0.2) is 0 Å². The van der Waals surface area contributed by atoms with Crippen molar-refractivity contribution in [3.05, 3.63) is 48.2 Å². The Labute approximate surface area is 129 Å². The summed E-state index contributed by atoms with van der Waals surface area (Å²) in [6, 6.07) is 9.96. The first kappa shape index (κ1) is 17.5. The minimum atomic E-state index is -1.62. The van der Waals surface area contributed by atoms with Crippen molar-refractivity contribution in [3.63, 3.8) is 0 Å². The topological polar surface area (TPSA) is 35.5 Å². The smallest absolute Gasteiger partial charge is 0.312 e. The zero-order valence-electron chi connectivity index (χ0n) is 13.8. The summed E-state index contributed by atoms with van der Waals surface area (Å²) in [5.41, 5.74) is 0.415. The van der Waals surface area contributed by atoms with E-state index in [1.54, 1.807) is 6.26 Å². The van der Waals surface area contributed by atoms with Gasteiger partial charge in [0, 0.05) is 5.92 Å². The highest BCUT2D eigenvalue weighted by Crippen LogP contribution is 2.37. The van der Waals surface area contributed by atoms with Crippen LogP contribution in [0.1, 0.15) is 25.3 Å². The molecule has 1 aromatic rings. The van der Waals surface area contributed by atoms with Crippen LogP contribution in [0.15, 0.2) is 42.7 Å². The second-order valence-electron chi connectivity index (χ2n) is 6.66. The molecule has 4 heteroatoms. The number of carbonyl (C=O) groups excluding carboxylic acids is 1. The van der Waals surface area contributed by atoms with Gasteiger partial charge in [0.15, 0.2) is 0 Å². The Balaban J connectivity index is 3.10. The third kappa shape index (κ3) is 5.05. The number of allylic oxidation sites excluding steroid dienone is 1. The van der Waals surface area contributed by atoms with E-state index in [1.165, 1.54) is 7.11 Å². The predicted octanol–water partition coefficient (Wildman–Crippen LogP) is 4.33. The summed E-state index contributed by atoms with van der Waals surface area (Å²) >= 11 is 0. The van der Waals surface area contributed by atoms with Crippen LogP contribution in [-0.2, 0) is 14.0 Å². The Kier molecular flexibility index (Phi) is 5.78. The van der Waals surface area contributed by atoms with Crippen molar-refractivity contribution in [2.45, 2.75) is 39.4 Å². The summed E-state index contributed by atoms with van der Waals surface area (Å²) in [5, 5.41) is 0. The van der Waals surface area contributed by atoms with E-state index in [2.05, 4.69) is 19.6 Å². The number of esters is 1. The summed E-state index contributed by atoms with van der Waals surface area (Å²) in [7, 11) is -0.198. The van der Waals surface area contributed by atoms with Gasteiger partial charge in [-0.15, -0.1) is 0 Å². The molecule has 0 heterocycles. The molecule has 0 fully saturated rings. The molecule has 0 N–H and O–H groups in total. The molecule has 21 heavy (non-hydrogen) atoms. The number of benzene rings is 1. The van der Waals surface area contributed by atoms with Crippen LogP contribution in [0.5, 0.6) is 0 Å². The van der Waals surface area contributed by atoms with Crippen molar-refractivity contribution >= 4 is 14.3 Å². The van der Waals surface area contributed by atoms with E-state index < -0.39 is 13.7 Å². The molecule has 0 aliphatic heterocycles. The molecule has 0 aliphatic carbocycles.